The van der Waals surface area contributed by atoms with E-state index in [1.807, 2.05) is 30.8 Å². The van der Waals surface area contributed by atoms with Gasteiger partial charge in [0.15, 0.2) is 0 Å². The number of hydrogen-bond acceptors (Lipinski definition) is 4. The minimum atomic E-state index is 0.858. The Morgan fingerprint density at radius 2 is 2.31 bits per heavy atom. The third kappa shape index (κ3) is 3.12. The van der Waals surface area contributed by atoms with Crippen molar-refractivity contribution in [3.8, 4) is 5.75 Å². The zero-order chi connectivity index (χ0) is 11.4. The van der Waals surface area contributed by atoms with E-state index in [-0.39, 0.29) is 0 Å². The van der Waals surface area contributed by atoms with Gasteiger partial charge in [0.25, 0.3) is 0 Å². The monoisotopic (exact) mass is 238 g/mol. The van der Waals surface area contributed by atoms with E-state index < -0.39 is 0 Å². The molecular weight excluding hydrogens is 220 g/mol. The summed E-state index contributed by atoms with van der Waals surface area (Å²) in [7, 11) is 1.70. The molecule has 0 saturated carbocycles. The molecule has 0 aromatic carbocycles. The fourth-order valence-electron chi connectivity index (χ4n) is 1.69. The molecule has 1 aliphatic rings. The van der Waals surface area contributed by atoms with Crippen molar-refractivity contribution in [2.75, 3.05) is 26.0 Å². The summed E-state index contributed by atoms with van der Waals surface area (Å²) in [4.78, 5) is 4.51. The number of methoxy groups -OCH3 is 1. The van der Waals surface area contributed by atoms with Gasteiger partial charge in [0.2, 0.25) is 0 Å². The molecule has 0 unspecified atom stereocenters. The van der Waals surface area contributed by atoms with E-state index in [4.69, 9.17) is 4.74 Å². The molecule has 0 atom stereocenters. The molecule has 1 N–H and O–H groups in total. The van der Waals surface area contributed by atoms with Crippen LogP contribution in [0.5, 0.6) is 5.75 Å². The zero-order valence-corrected chi connectivity index (χ0v) is 10.6. The molecule has 0 radical (unpaired) electrons. The average Bonchev–Trinajstić information content (AvgIpc) is 2.21. The molecular formula is C12H18N2OS. The fourth-order valence-corrected chi connectivity index (χ4v) is 2.74. The number of nitrogens with zero attached hydrogens (tertiary/aromatic N) is 1. The third-order valence-electron chi connectivity index (χ3n) is 2.69. The fraction of sp³-hybridized carbons (Fsp3) is 0.583. The van der Waals surface area contributed by atoms with Crippen LogP contribution < -0.4 is 10.1 Å². The summed E-state index contributed by atoms with van der Waals surface area (Å²) in [5.74, 6) is 3.98. The maximum absolute atomic E-state index is 5.24. The lowest BCUT2D eigenvalue weighted by Gasteiger charge is -2.26. The van der Waals surface area contributed by atoms with Gasteiger partial charge in [-0.3, -0.25) is 4.98 Å². The molecule has 2 heterocycles. The number of hydrogen-bond donors (Lipinski definition) is 1. The van der Waals surface area contributed by atoms with E-state index >= 15 is 0 Å². The van der Waals surface area contributed by atoms with E-state index in [2.05, 4.69) is 10.3 Å². The number of rotatable bonds is 5. The van der Waals surface area contributed by atoms with Crippen LogP contribution in [-0.2, 0) is 5.75 Å². The highest BCUT2D eigenvalue weighted by Gasteiger charge is 2.16. The Kier molecular flexibility index (Phi) is 4.07. The molecule has 1 aliphatic heterocycles. The summed E-state index contributed by atoms with van der Waals surface area (Å²) >= 11 is 1.96. The Morgan fingerprint density at radius 1 is 1.50 bits per heavy atom. The van der Waals surface area contributed by atoms with Crippen LogP contribution in [0.15, 0.2) is 12.1 Å². The lowest BCUT2D eigenvalue weighted by atomic mass is 10.1. The maximum Gasteiger partial charge on any atom is 0.122 e. The Hall–Kier alpha value is -0.740. The van der Waals surface area contributed by atoms with Crippen molar-refractivity contribution in [1.82, 2.24) is 10.3 Å². The Balaban J connectivity index is 1.84. The quantitative estimate of drug-likeness (QED) is 0.849. The topological polar surface area (TPSA) is 34.1 Å². The molecule has 0 bridgehead atoms. The molecule has 4 heteroatoms. The highest BCUT2D eigenvalue weighted by atomic mass is 32.2. The second-order valence-electron chi connectivity index (χ2n) is 4.18. The molecule has 88 valence electrons. The SMILES string of the molecule is COc1cc(C)nc(CSCC2CNC2)c1. The maximum atomic E-state index is 5.24. The first-order chi connectivity index (χ1) is 7.78. The van der Waals surface area contributed by atoms with Crippen LogP contribution in [-0.4, -0.2) is 30.9 Å². The zero-order valence-electron chi connectivity index (χ0n) is 9.82. The molecule has 2 rings (SSSR count). The van der Waals surface area contributed by atoms with E-state index in [1.54, 1.807) is 7.11 Å². The summed E-state index contributed by atoms with van der Waals surface area (Å²) in [6, 6.07) is 3.99. The van der Waals surface area contributed by atoms with E-state index in [1.165, 1.54) is 18.8 Å². The molecule has 0 amide bonds. The lowest BCUT2D eigenvalue weighted by molar-refractivity contribution is 0.385. The number of thioether (sulfide) groups is 1. The Morgan fingerprint density at radius 3 is 2.94 bits per heavy atom. The summed E-state index contributed by atoms with van der Waals surface area (Å²) < 4.78 is 5.24. The van der Waals surface area contributed by atoms with Gasteiger partial charge >= 0.3 is 0 Å². The predicted molar refractivity (Wildman–Crippen MR) is 68.0 cm³/mol. The number of nitrogens with one attached hydrogen (secondary N) is 1. The van der Waals surface area contributed by atoms with E-state index in [0.29, 0.717) is 0 Å². The first-order valence-corrected chi connectivity index (χ1v) is 6.73. The number of ether oxygens (including phenoxy) is 1. The normalized spacial score (nSPS) is 15.9. The van der Waals surface area contributed by atoms with Crippen molar-refractivity contribution in [3.05, 3.63) is 23.5 Å². The molecule has 1 saturated heterocycles. The van der Waals surface area contributed by atoms with Gasteiger partial charge in [-0.2, -0.15) is 11.8 Å². The summed E-state index contributed by atoms with van der Waals surface area (Å²) in [6.45, 7) is 4.36. The Labute approximate surface area is 101 Å². The van der Waals surface area contributed by atoms with Crippen LogP contribution in [0.3, 0.4) is 0 Å². The smallest absolute Gasteiger partial charge is 0.122 e. The minimum Gasteiger partial charge on any atom is -0.497 e. The van der Waals surface area contributed by atoms with Crippen LogP contribution in [0.25, 0.3) is 0 Å². The van der Waals surface area contributed by atoms with Gasteiger partial charge < -0.3 is 10.1 Å². The van der Waals surface area contributed by atoms with Gasteiger partial charge in [0, 0.05) is 23.6 Å². The predicted octanol–water partition coefficient (Wildman–Crippen LogP) is 1.85. The minimum absolute atomic E-state index is 0.858. The third-order valence-corrected chi connectivity index (χ3v) is 3.89. The van der Waals surface area contributed by atoms with Crippen molar-refractivity contribution >= 4 is 11.8 Å². The number of aryl methyl sites for hydroxylation is 1. The highest BCUT2D eigenvalue weighted by Crippen LogP contribution is 2.20. The summed E-state index contributed by atoms with van der Waals surface area (Å²) in [6.07, 6.45) is 0. The van der Waals surface area contributed by atoms with Gasteiger partial charge in [-0.15, -0.1) is 0 Å². The number of pyridine rings is 1. The number of aromatic nitrogens is 1. The van der Waals surface area contributed by atoms with Crippen molar-refractivity contribution < 1.29 is 4.74 Å². The first kappa shape index (κ1) is 11.7. The molecule has 1 aromatic rings. The highest BCUT2D eigenvalue weighted by molar-refractivity contribution is 7.98. The second-order valence-corrected chi connectivity index (χ2v) is 5.21. The van der Waals surface area contributed by atoms with Crippen molar-refractivity contribution in [2.24, 2.45) is 5.92 Å². The van der Waals surface area contributed by atoms with Crippen molar-refractivity contribution in [1.29, 1.82) is 0 Å². The molecule has 0 aliphatic carbocycles. The standard InChI is InChI=1S/C12H18N2OS/c1-9-3-12(15-2)4-11(14-9)8-16-7-10-5-13-6-10/h3-4,10,13H,5-8H2,1-2H3. The van der Waals surface area contributed by atoms with Crippen LogP contribution in [0, 0.1) is 12.8 Å². The Bertz CT molecular complexity index is 353. The van der Waals surface area contributed by atoms with Crippen LogP contribution in [0.1, 0.15) is 11.4 Å². The van der Waals surface area contributed by atoms with Crippen LogP contribution >= 0.6 is 11.8 Å². The van der Waals surface area contributed by atoms with Gasteiger partial charge in [-0.1, -0.05) is 0 Å². The first-order valence-electron chi connectivity index (χ1n) is 5.58. The largest absolute Gasteiger partial charge is 0.497 e. The molecule has 3 nitrogen and oxygen atoms in total. The van der Waals surface area contributed by atoms with E-state index in [0.717, 1.165) is 28.8 Å². The van der Waals surface area contributed by atoms with Crippen LogP contribution in [0.2, 0.25) is 0 Å². The van der Waals surface area contributed by atoms with Gasteiger partial charge in [-0.25, -0.2) is 0 Å². The van der Waals surface area contributed by atoms with Gasteiger partial charge in [-0.05, 0) is 31.7 Å². The summed E-state index contributed by atoms with van der Waals surface area (Å²) in [5, 5.41) is 3.29. The lowest BCUT2D eigenvalue weighted by Crippen LogP contribution is -2.43. The molecule has 1 fully saturated rings. The second kappa shape index (κ2) is 5.55. The van der Waals surface area contributed by atoms with Crippen molar-refractivity contribution in [2.45, 2.75) is 12.7 Å². The van der Waals surface area contributed by atoms with E-state index in [9.17, 15) is 0 Å². The van der Waals surface area contributed by atoms with Crippen LogP contribution in [0.4, 0.5) is 0 Å². The van der Waals surface area contributed by atoms with Crippen molar-refractivity contribution in [3.63, 3.8) is 0 Å². The molecule has 16 heavy (non-hydrogen) atoms. The summed E-state index contributed by atoms with van der Waals surface area (Å²) in [5.41, 5.74) is 2.15. The van der Waals surface area contributed by atoms with Gasteiger partial charge in [0.05, 0.1) is 12.8 Å². The van der Waals surface area contributed by atoms with Gasteiger partial charge in [0.1, 0.15) is 5.75 Å². The average molecular weight is 238 g/mol. The molecule has 0 spiro atoms. The molecule has 1 aromatic heterocycles.